The van der Waals surface area contributed by atoms with Gasteiger partial charge >= 0.3 is 0 Å². The van der Waals surface area contributed by atoms with Crippen LogP contribution in [0.2, 0.25) is 0 Å². The molecule has 1 N–H and O–H groups in total. The molecule has 3 atom stereocenters. The molecule has 13 heavy (non-hydrogen) atoms. The molecule has 3 heteroatoms. The molecule has 0 saturated heterocycles. The molecule has 2 rings (SSSR count). The Morgan fingerprint density at radius 2 is 2.23 bits per heavy atom. The summed E-state index contributed by atoms with van der Waals surface area (Å²) in [6, 6.07) is 0. The number of hydrogen-bond donors (Lipinski definition) is 1. The molecular formula is C10H14N2O. The molecule has 1 saturated carbocycles. The van der Waals surface area contributed by atoms with Crippen LogP contribution in [0, 0.1) is 11.8 Å². The summed E-state index contributed by atoms with van der Waals surface area (Å²) in [4.78, 5) is 7.79. The van der Waals surface area contributed by atoms with E-state index in [0.717, 1.165) is 18.4 Å². The minimum atomic E-state index is -0.355. The van der Waals surface area contributed by atoms with Gasteiger partial charge in [-0.2, -0.15) is 0 Å². The third kappa shape index (κ3) is 1.70. The first-order valence-corrected chi connectivity index (χ1v) is 4.76. The third-order valence-electron chi connectivity index (χ3n) is 2.83. The molecule has 0 aromatic carbocycles. The van der Waals surface area contributed by atoms with Gasteiger partial charge in [-0.1, -0.05) is 13.3 Å². The molecule has 1 aliphatic carbocycles. The van der Waals surface area contributed by atoms with E-state index in [1.54, 1.807) is 12.4 Å². The van der Waals surface area contributed by atoms with Gasteiger partial charge in [-0.15, -0.1) is 0 Å². The Hall–Kier alpha value is -0.960. The van der Waals surface area contributed by atoms with Crippen LogP contribution in [0.15, 0.2) is 18.7 Å². The van der Waals surface area contributed by atoms with E-state index in [4.69, 9.17) is 0 Å². The molecule has 3 nitrogen and oxygen atoms in total. The van der Waals surface area contributed by atoms with Gasteiger partial charge in [0.05, 0.1) is 6.10 Å². The zero-order chi connectivity index (χ0) is 9.26. The summed E-state index contributed by atoms with van der Waals surface area (Å²) in [6.45, 7) is 2.17. The van der Waals surface area contributed by atoms with Crippen LogP contribution in [-0.2, 0) is 0 Å². The van der Waals surface area contributed by atoms with Crippen molar-refractivity contribution in [3.05, 3.63) is 24.3 Å². The summed E-state index contributed by atoms with van der Waals surface area (Å²) in [6.07, 6.45) is 6.83. The second kappa shape index (κ2) is 3.42. The first-order valence-electron chi connectivity index (χ1n) is 4.76. The Balaban J connectivity index is 2.03. The molecule has 0 aliphatic heterocycles. The van der Waals surface area contributed by atoms with Crippen LogP contribution in [-0.4, -0.2) is 15.1 Å². The number of aliphatic hydroxyl groups excluding tert-OH is 1. The largest absolute Gasteiger partial charge is 0.388 e. The van der Waals surface area contributed by atoms with Crippen molar-refractivity contribution in [2.45, 2.75) is 25.9 Å². The summed E-state index contributed by atoms with van der Waals surface area (Å²) in [7, 11) is 0. The first-order chi connectivity index (χ1) is 6.33. The standard InChI is InChI=1S/C10H14N2O/c1-2-7-3-9(7)10(13)8-4-11-6-12-5-8/h4-7,9-10,13H,2-3H2,1H3/t7-,9-,10?/m1/s1. The fourth-order valence-electron chi connectivity index (χ4n) is 1.84. The second-order valence-electron chi connectivity index (χ2n) is 3.68. The first kappa shape index (κ1) is 8.63. The van der Waals surface area contributed by atoms with E-state index in [1.807, 2.05) is 0 Å². The van der Waals surface area contributed by atoms with Gasteiger partial charge in [0.1, 0.15) is 6.33 Å². The lowest BCUT2D eigenvalue weighted by Crippen LogP contribution is -2.02. The molecule has 0 amide bonds. The van der Waals surface area contributed by atoms with Crippen LogP contribution in [0.4, 0.5) is 0 Å². The summed E-state index contributed by atoms with van der Waals surface area (Å²) < 4.78 is 0. The predicted molar refractivity (Wildman–Crippen MR) is 48.9 cm³/mol. The lowest BCUT2D eigenvalue weighted by molar-refractivity contribution is 0.146. The van der Waals surface area contributed by atoms with Gasteiger partial charge in [0, 0.05) is 18.0 Å². The highest BCUT2D eigenvalue weighted by molar-refractivity contribution is 5.11. The van der Waals surface area contributed by atoms with E-state index in [2.05, 4.69) is 16.9 Å². The monoisotopic (exact) mass is 178 g/mol. The van der Waals surface area contributed by atoms with E-state index in [9.17, 15) is 5.11 Å². The Labute approximate surface area is 77.8 Å². The molecule has 0 spiro atoms. The highest BCUT2D eigenvalue weighted by Crippen LogP contribution is 2.48. The van der Waals surface area contributed by atoms with Crippen LogP contribution in [0.5, 0.6) is 0 Å². The summed E-state index contributed by atoms with van der Waals surface area (Å²) in [5.74, 6) is 1.14. The zero-order valence-electron chi connectivity index (χ0n) is 7.72. The molecule has 0 bridgehead atoms. The molecule has 1 aliphatic rings. The van der Waals surface area contributed by atoms with Crippen molar-refractivity contribution in [1.29, 1.82) is 0 Å². The maximum absolute atomic E-state index is 9.88. The normalized spacial score (nSPS) is 28.5. The van der Waals surface area contributed by atoms with Crippen molar-refractivity contribution in [2.75, 3.05) is 0 Å². The van der Waals surface area contributed by atoms with Gasteiger partial charge in [-0.3, -0.25) is 0 Å². The maximum atomic E-state index is 9.88. The Bertz CT molecular complexity index is 276. The van der Waals surface area contributed by atoms with E-state index in [0.29, 0.717) is 11.8 Å². The molecule has 1 aromatic rings. The van der Waals surface area contributed by atoms with Gasteiger partial charge in [0.2, 0.25) is 0 Å². The minimum Gasteiger partial charge on any atom is -0.388 e. The molecule has 1 unspecified atom stereocenters. The van der Waals surface area contributed by atoms with Crippen LogP contribution >= 0.6 is 0 Å². The summed E-state index contributed by atoms with van der Waals surface area (Å²) in [5.41, 5.74) is 0.850. The van der Waals surface area contributed by atoms with Crippen molar-refractivity contribution in [3.63, 3.8) is 0 Å². The van der Waals surface area contributed by atoms with Crippen LogP contribution in [0.1, 0.15) is 31.4 Å². The van der Waals surface area contributed by atoms with Gasteiger partial charge in [-0.25, -0.2) is 9.97 Å². The second-order valence-corrected chi connectivity index (χ2v) is 3.68. The number of nitrogens with zero attached hydrogens (tertiary/aromatic N) is 2. The van der Waals surface area contributed by atoms with Gasteiger partial charge < -0.3 is 5.11 Å². The van der Waals surface area contributed by atoms with E-state index >= 15 is 0 Å². The SMILES string of the molecule is CC[C@@H]1C[C@H]1C(O)c1cncnc1. The average molecular weight is 178 g/mol. The van der Waals surface area contributed by atoms with Gasteiger partial charge in [0.25, 0.3) is 0 Å². The van der Waals surface area contributed by atoms with E-state index < -0.39 is 0 Å². The van der Waals surface area contributed by atoms with E-state index in [1.165, 1.54) is 6.33 Å². The Morgan fingerprint density at radius 3 is 2.77 bits per heavy atom. The van der Waals surface area contributed by atoms with Crippen molar-refractivity contribution < 1.29 is 5.11 Å². The summed E-state index contributed by atoms with van der Waals surface area (Å²) in [5, 5.41) is 9.88. The zero-order valence-corrected chi connectivity index (χ0v) is 7.72. The Kier molecular flexibility index (Phi) is 2.27. The van der Waals surface area contributed by atoms with Gasteiger partial charge in [0.15, 0.2) is 0 Å². The smallest absolute Gasteiger partial charge is 0.115 e. The van der Waals surface area contributed by atoms with E-state index in [-0.39, 0.29) is 6.10 Å². The molecule has 1 heterocycles. The lowest BCUT2D eigenvalue weighted by atomic mass is 10.1. The number of hydrogen-bond acceptors (Lipinski definition) is 3. The molecule has 0 radical (unpaired) electrons. The number of aromatic nitrogens is 2. The maximum Gasteiger partial charge on any atom is 0.115 e. The van der Waals surface area contributed by atoms with Crippen molar-refractivity contribution in [1.82, 2.24) is 9.97 Å². The highest BCUT2D eigenvalue weighted by Gasteiger charge is 2.41. The van der Waals surface area contributed by atoms with Crippen LogP contribution in [0.3, 0.4) is 0 Å². The van der Waals surface area contributed by atoms with Crippen molar-refractivity contribution in [2.24, 2.45) is 11.8 Å². The lowest BCUT2D eigenvalue weighted by Gasteiger charge is -2.08. The third-order valence-corrected chi connectivity index (χ3v) is 2.83. The average Bonchev–Trinajstić information content (AvgIpc) is 2.97. The highest BCUT2D eigenvalue weighted by atomic mass is 16.3. The van der Waals surface area contributed by atoms with Crippen molar-refractivity contribution >= 4 is 0 Å². The fraction of sp³-hybridized carbons (Fsp3) is 0.600. The van der Waals surface area contributed by atoms with Crippen LogP contribution < -0.4 is 0 Å². The molecule has 1 fully saturated rings. The van der Waals surface area contributed by atoms with Crippen LogP contribution in [0.25, 0.3) is 0 Å². The molecule has 1 aromatic heterocycles. The van der Waals surface area contributed by atoms with Crippen molar-refractivity contribution in [3.8, 4) is 0 Å². The fourth-order valence-corrected chi connectivity index (χ4v) is 1.84. The number of aliphatic hydroxyl groups is 1. The Morgan fingerprint density at radius 1 is 1.54 bits per heavy atom. The summed E-state index contributed by atoms with van der Waals surface area (Å²) >= 11 is 0. The van der Waals surface area contributed by atoms with Gasteiger partial charge in [-0.05, 0) is 18.3 Å². The topological polar surface area (TPSA) is 46.0 Å². The minimum absolute atomic E-state index is 0.355. The predicted octanol–water partition coefficient (Wildman–Crippen LogP) is 1.56. The molecular weight excluding hydrogens is 164 g/mol. The number of rotatable bonds is 3. The quantitative estimate of drug-likeness (QED) is 0.764. The molecule has 70 valence electrons.